The van der Waals surface area contributed by atoms with Crippen LogP contribution in [0.3, 0.4) is 0 Å². The predicted octanol–water partition coefficient (Wildman–Crippen LogP) is 4.58. The highest BCUT2D eigenvalue weighted by Crippen LogP contribution is 2.37. The number of anilines is 1. The van der Waals surface area contributed by atoms with Crippen LogP contribution in [0.2, 0.25) is 5.02 Å². The SMILES string of the molecule is O=C1N=NC2CC(c3ccc(Cl)cc3)=Nc3ccccc3N12. The number of carbonyl (C=O) groups excluding carboxylic acids is 1. The molecule has 22 heavy (non-hydrogen) atoms. The van der Waals surface area contributed by atoms with Crippen molar-refractivity contribution < 1.29 is 4.79 Å². The van der Waals surface area contributed by atoms with Gasteiger partial charge in [0.05, 0.1) is 17.1 Å². The molecule has 108 valence electrons. The first kappa shape index (κ1) is 13.2. The van der Waals surface area contributed by atoms with Crippen LogP contribution in [0, 0.1) is 0 Å². The molecular weight excluding hydrogens is 300 g/mol. The van der Waals surface area contributed by atoms with Gasteiger partial charge in [-0.25, -0.2) is 4.79 Å². The summed E-state index contributed by atoms with van der Waals surface area (Å²) in [5, 5.41) is 8.46. The van der Waals surface area contributed by atoms with E-state index >= 15 is 0 Å². The van der Waals surface area contributed by atoms with Crippen molar-refractivity contribution in [2.45, 2.75) is 12.6 Å². The largest absolute Gasteiger partial charge is 0.368 e. The van der Waals surface area contributed by atoms with Crippen LogP contribution in [-0.2, 0) is 0 Å². The maximum absolute atomic E-state index is 12.0. The minimum atomic E-state index is -0.343. The number of hydrogen-bond acceptors (Lipinski definition) is 3. The van der Waals surface area contributed by atoms with Crippen molar-refractivity contribution in [3.63, 3.8) is 0 Å². The smallest absolute Gasteiger partial charge is 0.264 e. The van der Waals surface area contributed by atoms with E-state index in [-0.39, 0.29) is 12.2 Å². The van der Waals surface area contributed by atoms with Gasteiger partial charge in [0.25, 0.3) is 0 Å². The summed E-state index contributed by atoms with van der Waals surface area (Å²) in [5.41, 5.74) is 3.32. The first-order chi connectivity index (χ1) is 10.7. The second-order valence-electron chi connectivity index (χ2n) is 5.11. The molecule has 2 aliphatic rings. The Morgan fingerprint density at radius 2 is 1.86 bits per heavy atom. The zero-order valence-corrected chi connectivity index (χ0v) is 12.2. The number of fused-ring (bicyclic) bond motifs is 3. The third-order valence-electron chi connectivity index (χ3n) is 3.73. The van der Waals surface area contributed by atoms with Gasteiger partial charge in [-0.15, -0.1) is 0 Å². The summed E-state index contributed by atoms with van der Waals surface area (Å²) in [6.07, 6.45) is 0.177. The molecule has 1 atom stereocenters. The number of aliphatic imine (C=N–C) groups is 1. The Hall–Kier alpha value is -2.53. The van der Waals surface area contributed by atoms with E-state index in [0.717, 1.165) is 22.6 Å². The maximum atomic E-state index is 12.0. The third kappa shape index (κ3) is 2.10. The zero-order valence-electron chi connectivity index (χ0n) is 11.5. The van der Waals surface area contributed by atoms with Crippen LogP contribution in [-0.4, -0.2) is 17.9 Å². The maximum Gasteiger partial charge on any atom is 0.368 e. The molecule has 2 aliphatic heterocycles. The number of halogens is 1. The highest BCUT2D eigenvalue weighted by molar-refractivity contribution is 6.30. The summed E-state index contributed by atoms with van der Waals surface area (Å²) in [4.78, 5) is 18.3. The lowest BCUT2D eigenvalue weighted by Gasteiger charge is -2.19. The van der Waals surface area contributed by atoms with E-state index in [1.807, 2.05) is 48.5 Å². The van der Waals surface area contributed by atoms with Crippen LogP contribution < -0.4 is 4.90 Å². The van der Waals surface area contributed by atoms with Crippen LogP contribution >= 0.6 is 11.6 Å². The molecule has 0 radical (unpaired) electrons. The van der Waals surface area contributed by atoms with E-state index in [2.05, 4.69) is 10.2 Å². The number of carbonyl (C=O) groups is 1. The lowest BCUT2D eigenvalue weighted by atomic mass is 10.1. The number of azo groups is 1. The van der Waals surface area contributed by atoms with E-state index in [0.29, 0.717) is 11.4 Å². The molecular formula is C16H11ClN4O. The first-order valence-corrected chi connectivity index (χ1v) is 7.27. The molecule has 0 fully saturated rings. The summed E-state index contributed by atoms with van der Waals surface area (Å²) in [6, 6.07) is 14.7. The highest BCUT2D eigenvalue weighted by atomic mass is 35.5. The van der Waals surface area contributed by atoms with Gasteiger partial charge in [-0.3, -0.25) is 9.89 Å². The second-order valence-corrected chi connectivity index (χ2v) is 5.54. The number of urea groups is 1. The van der Waals surface area contributed by atoms with Crippen molar-refractivity contribution in [3.8, 4) is 0 Å². The molecule has 0 bridgehead atoms. The number of benzene rings is 2. The van der Waals surface area contributed by atoms with Crippen LogP contribution in [0.15, 0.2) is 63.8 Å². The predicted molar refractivity (Wildman–Crippen MR) is 85.2 cm³/mol. The van der Waals surface area contributed by atoms with Crippen LogP contribution in [0.4, 0.5) is 16.2 Å². The fraction of sp³-hybridized carbons (Fsp3) is 0.125. The highest BCUT2D eigenvalue weighted by Gasteiger charge is 2.35. The van der Waals surface area contributed by atoms with Crippen molar-refractivity contribution in [1.82, 2.24) is 0 Å². The molecule has 0 N–H and O–H groups in total. The fourth-order valence-corrected chi connectivity index (χ4v) is 2.82. The van der Waals surface area contributed by atoms with Gasteiger partial charge < -0.3 is 0 Å². The molecule has 2 aromatic rings. The van der Waals surface area contributed by atoms with Crippen molar-refractivity contribution >= 4 is 34.7 Å². The number of hydrogen-bond donors (Lipinski definition) is 0. The van der Waals surface area contributed by atoms with Crippen molar-refractivity contribution in [3.05, 3.63) is 59.1 Å². The van der Waals surface area contributed by atoms with Crippen LogP contribution in [0.25, 0.3) is 0 Å². The van der Waals surface area contributed by atoms with E-state index < -0.39 is 0 Å². The Morgan fingerprint density at radius 3 is 2.68 bits per heavy atom. The van der Waals surface area contributed by atoms with Gasteiger partial charge in [0.1, 0.15) is 0 Å². The van der Waals surface area contributed by atoms with E-state index in [1.165, 1.54) is 0 Å². The second kappa shape index (κ2) is 5.03. The molecule has 0 saturated heterocycles. The zero-order chi connectivity index (χ0) is 15.1. The minimum absolute atomic E-state index is 0.342. The summed E-state index contributed by atoms with van der Waals surface area (Å²) in [7, 11) is 0. The van der Waals surface area contributed by atoms with E-state index in [9.17, 15) is 4.79 Å². The van der Waals surface area contributed by atoms with Crippen LogP contribution in [0.5, 0.6) is 0 Å². The lowest BCUT2D eigenvalue weighted by molar-refractivity contribution is 0.255. The first-order valence-electron chi connectivity index (χ1n) is 6.89. The number of rotatable bonds is 1. The van der Waals surface area contributed by atoms with E-state index in [4.69, 9.17) is 16.6 Å². The Labute approximate surface area is 132 Å². The molecule has 1 unspecified atom stereocenters. The van der Waals surface area contributed by atoms with Gasteiger partial charge in [-0.2, -0.15) is 5.11 Å². The van der Waals surface area contributed by atoms with Gasteiger partial charge >= 0.3 is 6.03 Å². The average molecular weight is 311 g/mol. The van der Waals surface area contributed by atoms with Crippen LogP contribution in [0.1, 0.15) is 12.0 Å². The Balaban J connectivity index is 1.85. The van der Waals surface area contributed by atoms with Crippen molar-refractivity contribution in [2.75, 3.05) is 4.90 Å². The summed E-state index contributed by atoms with van der Waals surface area (Å²) >= 11 is 5.95. The molecule has 2 heterocycles. The molecule has 4 rings (SSSR count). The molecule has 0 spiro atoms. The molecule has 0 aromatic heterocycles. The Kier molecular flexibility index (Phi) is 3.01. The summed E-state index contributed by atoms with van der Waals surface area (Å²) in [6.45, 7) is 0. The van der Waals surface area contributed by atoms with Crippen molar-refractivity contribution in [2.24, 2.45) is 15.2 Å². The minimum Gasteiger partial charge on any atom is -0.264 e. The van der Waals surface area contributed by atoms with E-state index in [1.54, 1.807) is 4.90 Å². The normalized spacial score (nSPS) is 19.5. The fourth-order valence-electron chi connectivity index (χ4n) is 2.69. The topological polar surface area (TPSA) is 57.4 Å². The van der Waals surface area contributed by atoms with Gasteiger partial charge in [0.2, 0.25) is 0 Å². The summed E-state index contributed by atoms with van der Waals surface area (Å²) < 4.78 is 0. The average Bonchev–Trinajstić information content (AvgIpc) is 2.80. The molecule has 0 saturated carbocycles. The summed E-state index contributed by atoms with van der Waals surface area (Å²) in [5.74, 6) is 0. The third-order valence-corrected chi connectivity index (χ3v) is 3.98. The van der Waals surface area contributed by atoms with Gasteiger partial charge in [0, 0.05) is 11.4 Å². The standard InChI is InChI=1S/C16H11ClN4O/c17-11-7-5-10(6-8-11)13-9-15-19-20-16(22)21(15)14-4-2-1-3-12(14)18-13/h1-8,15H,9H2. The Bertz CT molecular complexity index is 813. The number of amides is 2. The molecule has 0 aliphatic carbocycles. The quantitative estimate of drug-likeness (QED) is 0.760. The van der Waals surface area contributed by atoms with Gasteiger partial charge in [0.15, 0.2) is 6.17 Å². The Morgan fingerprint density at radius 1 is 1.09 bits per heavy atom. The molecule has 2 amide bonds. The van der Waals surface area contributed by atoms with Gasteiger partial charge in [-0.1, -0.05) is 41.0 Å². The molecule has 6 heteroatoms. The monoisotopic (exact) mass is 310 g/mol. The number of nitrogens with zero attached hydrogens (tertiary/aromatic N) is 4. The molecule has 5 nitrogen and oxygen atoms in total. The van der Waals surface area contributed by atoms with Gasteiger partial charge in [-0.05, 0) is 29.8 Å². The number of para-hydroxylation sites is 2. The van der Waals surface area contributed by atoms with Crippen molar-refractivity contribution in [1.29, 1.82) is 0 Å². The lowest BCUT2D eigenvalue weighted by Crippen LogP contribution is -2.33. The molecule has 2 aromatic carbocycles.